The molecular weight excluding hydrogens is 479 g/mol. The molecule has 2 aliphatic rings. The molecule has 2 aliphatic heterocycles. The van der Waals surface area contributed by atoms with Crippen molar-refractivity contribution in [1.29, 1.82) is 0 Å². The van der Waals surface area contributed by atoms with Crippen molar-refractivity contribution in [1.82, 2.24) is 24.5 Å². The highest BCUT2D eigenvalue weighted by atomic mass is 19.3. The van der Waals surface area contributed by atoms with Gasteiger partial charge in [0.2, 0.25) is 12.4 Å². The van der Waals surface area contributed by atoms with E-state index in [1.165, 1.54) is 0 Å². The van der Waals surface area contributed by atoms with Gasteiger partial charge in [0.1, 0.15) is 6.17 Å². The molecule has 198 valence electrons. The molecule has 0 aliphatic carbocycles. The third-order valence-corrected chi connectivity index (χ3v) is 7.13. The summed E-state index contributed by atoms with van der Waals surface area (Å²) in [7, 11) is 0. The first-order valence-electron chi connectivity index (χ1n) is 13.1. The Hall–Kier alpha value is -3.01. The monoisotopic (exact) mass is 513 g/mol. The lowest BCUT2D eigenvalue weighted by Crippen LogP contribution is -2.48. The van der Waals surface area contributed by atoms with Crippen LogP contribution in [-0.4, -0.2) is 68.5 Å². The van der Waals surface area contributed by atoms with Crippen LogP contribution in [0, 0.1) is 5.92 Å². The highest BCUT2D eigenvalue weighted by Crippen LogP contribution is 2.38. The van der Waals surface area contributed by atoms with Gasteiger partial charge in [-0.1, -0.05) is 13.8 Å². The highest BCUT2D eigenvalue weighted by Gasteiger charge is 2.30. The van der Waals surface area contributed by atoms with E-state index in [-0.39, 0.29) is 18.4 Å². The zero-order chi connectivity index (χ0) is 26.1. The molecular formula is C27H34F3N7. The predicted molar refractivity (Wildman–Crippen MR) is 140 cm³/mol. The Balaban J connectivity index is 1.34. The number of hydrogen-bond donors (Lipinski definition) is 1. The average molecular weight is 514 g/mol. The Labute approximate surface area is 215 Å². The van der Waals surface area contributed by atoms with Crippen LogP contribution in [0.4, 0.5) is 24.8 Å². The third-order valence-electron chi connectivity index (χ3n) is 7.13. The first-order chi connectivity index (χ1) is 17.8. The smallest absolute Gasteiger partial charge is 0.241 e. The Morgan fingerprint density at radius 2 is 2.03 bits per heavy atom. The maximum Gasteiger partial charge on any atom is 0.241 e. The van der Waals surface area contributed by atoms with E-state index in [1.807, 2.05) is 31.3 Å². The SMILES string of the molecule is CC1=Nc2ccc(-c3ccn4nc(N[C@H]5CCN(CC(C)C)C[C@H]5F)ncc34)nc2C(CCC(F)F)C1. The van der Waals surface area contributed by atoms with Gasteiger partial charge in [-0.05, 0) is 50.3 Å². The number of aliphatic imine (C=N–C) groups is 1. The van der Waals surface area contributed by atoms with Crippen molar-refractivity contribution >= 4 is 22.9 Å². The van der Waals surface area contributed by atoms with Crippen LogP contribution >= 0.6 is 0 Å². The van der Waals surface area contributed by atoms with Crippen molar-refractivity contribution in [3.63, 3.8) is 0 Å². The summed E-state index contributed by atoms with van der Waals surface area (Å²) in [5.41, 5.74) is 4.78. The van der Waals surface area contributed by atoms with E-state index in [4.69, 9.17) is 4.98 Å². The lowest BCUT2D eigenvalue weighted by atomic mass is 9.89. The Morgan fingerprint density at radius 1 is 1.19 bits per heavy atom. The fourth-order valence-corrected chi connectivity index (χ4v) is 5.44. The van der Waals surface area contributed by atoms with Gasteiger partial charge in [0, 0.05) is 49.4 Å². The molecule has 3 aromatic rings. The summed E-state index contributed by atoms with van der Waals surface area (Å²) in [4.78, 5) is 16.1. The molecule has 0 bridgehead atoms. The lowest BCUT2D eigenvalue weighted by Gasteiger charge is -2.35. The molecule has 10 heteroatoms. The van der Waals surface area contributed by atoms with E-state index < -0.39 is 12.6 Å². The number of halogens is 3. The second kappa shape index (κ2) is 10.8. The maximum atomic E-state index is 14.8. The molecule has 3 aromatic heterocycles. The van der Waals surface area contributed by atoms with Crippen molar-refractivity contribution < 1.29 is 13.2 Å². The third kappa shape index (κ3) is 5.79. The van der Waals surface area contributed by atoms with E-state index >= 15 is 0 Å². The quantitative estimate of drug-likeness (QED) is 0.406. The summed E-state index contributed by atoms with van der Waals surface area (Å²) >= 11 is 0. The average Bonchev–Trinajstić information content (AvgIpc) is 3.27. The van der Waals surface area contributed by atoms with Crippen molar-refractivity contribution in [3.8, 4) is 11.3 Å². The fraction of sp³-hybridized carbons (Fsp3) is 0.556. The van der Waals surface area contributed by atoms with Crippen LogP contribution in [-0.2, 0) is 0 Å². The van der Waals surface area contributed by atoms with Gasteiger partial charge < -0.3 is 10.2 Å². The van der Waals surface area contributed by atoms with Crippen molar-refractivity contribution in [2.75, 3.05) is 25.0 Å². The van der Waals surface area contributed by atoms with E-state index in [1.54, 1.807) is 10.7 Å². The zero-order valence-electron chi connectivity index (χ0n) is 21.5. The van der Waals surface area contributed by atoms with Gasteiger partial charge in [-0.15, -0.1) is 5.10 Å². The van der Waals surface area contributed by atoms with Gasteiger partial charge in [-0.3, -0.25) is 9.98 Å². The Morgan fingerprint density at radius 3 is 2.78 bits per heavy atom. The lowest BCUT2D eigenvalue weighted by molar-refractivity contribution is 0.116. The van der Waals surface area contributed by atoms with Crippen LogP contribution in [0.15, 0.2) is 35.6 Å². The van der Waals surface area contributed by atoms with Gasteiger partial charge in [-0.25, -0.2) is 22.7 Å². The maximum absolute atomic E-state index is 14.8. The number of fused-ring (bicyclic) bond motifs is 2. The van der Waals surface area contributed by atoms with Crippen LogP contribution in [0.5, 0.6) is 0 Å². The molecule has 5 heterocycles. The second-order valence-electron chi connectivity index (χ2n) is 10.7. The number of likely N-dealkylation sites (tertiary alicyclic amines) is 1. The highest BCUT2D eigenvalue weighted by molar-refractivity contribution is 5.88. The number of piperidine rings is 1. The minimum atomic E-state index is -2.33. The summed E-state index contributed by atoms with van der Waals surface area (Å²) in [5.74, 6) is 0.813. The van der Waals surface area contributed by atoms with Crippen molar-refractivity contribution in [2.24, 2.45) is 10.9 Å². The van der Waals surface area contributed by atoms with Gasteiger partial charge in [0.15, 0.2) is 0 Å². The van der Waals surface area contributed by atoms with Crippen LogP contribution in [0.3, 0.4) is 0 Å². The van der Waals surface area contributed by atoms with Gasteiger partial charge in [0.25, 0.3) is 0 Å². The minimum absolute atomic E-state index is 0.0806. The van der Waals surface area contributed by atoms with E-state index in [9.17, 15) is 13.2 Å². The molecule has 0 spiro atoms. The van der Waals surface area contributed by atoms with E-state index in [0.717, 1.165) is 47.0 Å². The van der Waals surface area contributed by atoms with Gasteiger partial charge >= 0.3 is 0 Å². The molecule has 37 heavy (non-hydrogen) atoms. The summed E-state index contributed by atoms with van der Waals surface area (Å²) < 4.78 is 42.4. The molecule has 0 saturated carbocycles. The molecule has 1 N–H and O–H groups in total. The van der Waals surface area contributed by atoms with Crippen molar-refractivity contribution in [2.45, 2.75) is 71.0 Å². The number of anilines is 1. The number of hydrogen-bond acceptors (Lipinski definition) is 6. The van der Waals surface area contributed by atoms with Crippen LogP contribution in [0.25, 0.3) is 16.8 Å². The number of nitrogens with one attached hydrogen (secondary N) is 1. The second-order valence-corrected chi connectivity index (χ2v) is 10.7. The number of alkyl halides is 3. The topological polar surface area (TPSA) is 70.7 Å². The standard InChI is InChI=1S/C27H34F3N7/c1-16(2)14-36-10-9-22(20(28)15-36)34-27-31-13-24-19(8-11-37(24)35-27)21-5-6-23-26(33-21)18(4-7-25(29)30)12-17(3)32-23/h5-6,8,11,13,16,18,20,22,25H,4,7,9-10,12,14-15H2,1-3H3,(H,34,35)/t18?,20-,22+/m1/s1. The Kier molecular flexibility index (Phi) is 7.46. The van der Waals surface area contributed by atoms with E-state index in [2.05, 4.69) is 39.1 Å². The first-order valence-corrected chi connectivity index (χ1v) is 13.1. The molecule has 7 nitrogen and oxygen atoms in total. The summed E-state index contributed by atoms with van der Waals surface area (Å²) in [6.07, 6.45) is 1.76. The van der Waals surface area contributed by atoms with E-state index in [0.29, 0.717) is 37.7 Å². The summed E-state index contributed by atoms with van der Waals surface area (Å²) in [6.45, 7) is 8.38. The van der Waals surface area contributed by atoms with Crippen LogP contribution < -0.4 is 5.32 Å². The fourth-order valence-electron chi connectivity index (χ4n) is 5.44. The zero-order valence-corrected chi connectivity index (χ0v) is 21.5. The van der Waals surface area contributed by atoms with Crippen LogP contribution in [0.2, 0.25) is 0 Å². The number of aromatic nitrogens is 4. The number of rotatable bonds is 8. The number of nitrogens with zero attached hydrogens (tertiary/aromatic N) is 6. The largest absolute Gasteiger partial charge is 0.347 e. The molecule has 1 saturated heterocycles. The molecule has 0 aromatic carbocycles. The van der Waals surface area contributed by atoms with Crippen LogP contribution in [0.1, 0.15) is 58.1 Å². The van der Waals surface area contributed by atoms with Gasteiger partial charge in [0.05, 0.1) is 34.8 Å². The minimum Gasteiger partial charge on any atom is -0.347 e. The molecule has 5 rings (SSSR count). The van der Waals surface area contributed by atoms with Gasteiger partial charge in [-0.2, -0.15) is 0 Å². The normalized spacial score (nSPS) is 22.5. The predicted octanol–water partition coefficient (Wildman–Crippen LogP) is 5.90. The summed E-state index contributed by atoms with van der Waals surface area (Å²) in [5, 5.41) is 7.74. The summed E-state index contributed by atoms with van der Waals surface area (Å²) in [6, 6.07) is 5.39. The molecule has 1 unspecified atom stereocenters. The number of pyridine rings is 1. The molecule has 1 fully saturated rings. The molecule has 0 amide bonds. The first kappa shape index (κ1) is 25.6. The Bertz CT molecular complexity index is 1270. The molecule has 0 radical (unpaired) electrons. The molecule has 3 atom stereocenters. The van der Waals surface area contributed by atoms with Crippen molar-refractivity contribution in [3.05, 3.63) is 36.3 Å².